The van der Waals surface area contributed by atoms with Crippen molar-refractivity contribution in [1.29, 1.82) is 0 Å². The number of hydrogen-bond donors (Lipinski definition) is 1. The van der Waals surface area contributed by atoms with Gasteiger partial charge in [0, 0.05) is 17.3 Å². The monoisotopic (exact) mass is 319 g/mol. The quantitative estimate of drug-likeness (QED) is 0.800. The van der Waals surface area contributed by atoms with Gasteiger partial charge in [-0.2, -0.15) is 5.10 Å². The number of nitrogens with two attached hydrogens (primary N) is 1. The normalized spacial score (nSPS) is 11.0. The highest BCUT2D eigenvalue weighted by Gasteiger charge is 2.21. The number of carbonyl (C=O) groups excluding carboxylic acids is 1. The number of carbonyl (C=O) groups is 1. The van der Waals surface area contributed by atoms with Crippen molar-refractivity contribution in [2.75, 3.05) is 12.8 Å². The van der Waals surface area contributed by atoms with Crippen molar-refractivity contribution in [2.24, 2.45) is 0 Å². The average Bonchev–Trinajstić information content (AvgIpc) is 3.03. The number of hydrogen-bond acceptors (Lipinski definition) is 7. The minimum atomic E-state index is -0.108. The number of amides is 1. The molecule has 0 unspecified atom stereocenters. The first-order chi connectivity index (χ1) is 10.1. The molecule has 6 nitrogen and oxygen atoms in total. The molecule has 0 fully saturated rings. The number of aromatic nitrogens is 3. The minimum Gasteiger partial charge on any atom is -0.397 e. The number of nitrogens with zero attached hydrogens (tertiary/aromatic N) is 4. The molecule has 1 amide bonds. The molecule has 3 aromatic rings. The van der Waals surface area contributed by atoms with E-state index in [4.69, 9.17) is 5.73 Å². The lowest BCUT2D eigenvalue weighted by molar-refractivity contribution is 0.0792. The zero-order valence-electron chi connectivity index (χ0n) is 11.5. The summed E-state index contributed by atoms with van der Waals surface area (Å²) in [5.74, 6) is -0.108. The third-order valence-corrected chi connectivity index (χ3v) is 5.20. The predicted octanol–water partition coefficient (Wildman–Crippen LogP) is 2.31. The molecule has 0 saturated carbocycles. The van der Waals surface area contributed by atoms with Crippen LogP contribution >= 0.6 is 22.7 Å². The van der Waals surface area contributed by atoms with E-state index in [0.717, 1.165) is 16.0 Å². The molecule has 108 valence electrons. The third-order valence-electron chi connectivity index (χ3n) is 3.19. The molecule has 0 bridgehead atoms. The fourth-order valence-electron chi connectivity index (χ4n) is 1.97. The summed E-state index contributed by atoms with van der Waals surface area (Å²) in [6, 6.07) is 1.78. The van der Waals surface area contributed by atoms with Gasteiger partial charge in [-0.1, -0.05) is 0 Å². The lowest BCUT2D eigenvalue weighted by Crippen LogP contribution is -2.26. The molecule has 0 atom stereocenters. The fourth-order valence-corrected chi connectivity index (χ4v) is 3.83. The molecule has 0 radical (unpaired) electrons. The molecule has 3 rings (SSSR count). The van der Waals surface area contributed by atoms with Gasteiger partial charge in [0.2, 0.25) is 0 Å². The van der Waals surface area contributed by atoms with Crippen LogP contribution in [0, 0.1) is 6.92 Å². The van der Waals surface area contributed by atoms with Gasteiger partial charge in [-0.15, -0.1) is 27.8 Å². The van der Waals surface area contributed by atoms with Crippen LogP contribution in [0.25, 0.3) is 10.2 Å². The molecule has 3 heterocycles. The summed E-state index contributed by atoms with van der Waals surface area (Å²) in [5.41, 5.74) is 9.28. The van der Waals surface area contributed by atoms with Crippen molar-refractivity contribution in [3.8, 4) is 0 Å². The SMILES string of the molecule is Cc1ncsc1CN(C)C(=O)c1sc2nnccc2c1N. The molecule has 0 saturated heterocycles. The highest BCUT2D eigenvalue weighted by Crippen LogP contribution is 2.32. The maximum absolute atomic E-state index is 12.6. The van der Waals surface area contributed by atoms with Crippen molar-refractivity contribution < 1.29 is 4.79 Å². The van der Waals surface area contributed by atoms with E-state index >= 15 is 0 Å². The van der Waals surface area contributed by atoms with Crippen LogP contribution in [0.2, 0.25) is 0 Å². The number of anilines is 1. The molecular weight excluding hydrogens is 306 g/mol. The Kier molecular flexibility index (Phi) is 3.56. The maximum Gasteiger partial charge on any atom is 0.266 e. The molecule has 0 aromatic carbocycles. The molecule has 0 aliphatic carbocycles. The summed E-state index contributed by atoms with van der Waals surface area (Å²) in [5, 5.41) is 8.60. The highest BCUT2D eigenvalue weighted by atomic mass is 32.1. The first kappa shape index (κ1) is 13.9. The van der Waals surface area contributed by atoms with E-state index in [1.165, 1.54) is 11.3 Å². The topological polar surface area (TPSA) is 85.0 Å². The highest BCUT2D eigenvalue weighted by molar-refractivity contribution is 7.21. The Morgan fingerprint density at radius 3 is 2.95 bits per heavy atom. The Morgan fingerprint density at radius 2 is 2.29 bits per heavy atom. The number of rotatable bonds is 3. The van der Waals surface area contributed by atoms with Crippen LogP contribution in [-0.2, 0) is 6.54 Å². The van der Waals surface area contributed by atoms with Crippen LogP contribution in [0.4, 0.5) is 5.69 Å². The molecule has 21 heavy (non-hydrogen) atoms. The second-order valence-corrected chi connectivity index (χ2v) is 6.56. The summed E-state index contributed by atoms with van der Waals surface area (Å²) in [7, 11) is 1.76. The Bertz CT molecular complexity index is 810. The van der Waals surface area contributed by atoms with E-state index < -0.39 is 0 Å². The van der Waals surface area contributed by atoms with Gasteiger partial charge in [0.15, 0.2) is 0 Å². The lowest BCUT2D eigenvalue weighted by Gasteiger charge is -2.15. The first-order valence-electron chi connectivity index (χ1n) is 6.22. The fraction of sp³-hybridized carbons (Fsp3) is 0.231. The number of fused-ring (bicyclic) bond motifs is 1. The van der Waals surface area contributed by atoms with Gasteiger partial charge in [-0.3, -0.25) is 4.79 Å². The second kappa shape index (κ2) is 5.38. The Hall–Kier alpha value is -2.06. The number of nitrogen functional groups attached to an aromatic ring is 1. The van der Waals surface area contributed by atoms with Gasteiger partial charge in [0.1, 0.15) is 9.71 Å². The maximum atomic E-state index is 12.6. The number of aryl methyl sites for hydroxylation is 1. The second-order valence-electron chi connectivity index (χ2n) is 4.62. The van der Waals surface area contributed by atoms with Crippen LogP contribution < -0.4 is 5.73 Å². The van der Waals surface area contributed by atoms with Crippen molar-refractivity contribution in [2.45, 2.75) is 13.5 Å². The standard InChI is InChI=1S/C13H13N5OS2/c1-7-9(20-6-15-7)5-18(2)13(19)11-10(14)8-3-4-16-17-12(8)21-11/h3-4,6H,5,14H2,1-2H3. The van der Waals surface area contributed by atoms with E-state index in [1.807, 2.05) is 6.92 Å². The minimum absolute atomic E-state index is 0.108. The van der Waals surface area contributed by atoms with Crippen LogP contribution in [0.5, 0.6) is 0 Å². The van der Waals surface area contributed by atoms with E-state index in [1.54, 1.807) is 41.1 Å². The van der Waals surface area contributed by atoms with Gasteiger partial charge < -0.3 is 10.6 Å². The smallest absolute Gasteiger partial charge is 0.266 e. The van der Waals surface area contributed by atoms with Crippen molar-refractivity contribution in [1.82, 2.24) is 20.1 Å². The molecule has 8 heteroatoms. The molecule has 0 aliphatic heterocycles. The van der Waals surface area contributed by atoms with Gasteiger partial charge in [0.05, 0.1) is 29.6 Å². The summed E-state index contributed by atoms with van der Waals surface area (Å²) in [6.07, 6.45) is 1.57. The van der Waals surface area contributed by atoms with E-state index in [0.29, 0.717) is 21.9 Å². The third kappa shape index (κ3) is 2.47. The van der Waals surface area contributed by atoms with Crippen molar-refractivity contribution >= 4 is 44.5 Å². The zero-order valence-corrected chi connectivity index (χ0v) is 13.2. The molecule has 0 aliphatic rings. The van der Waals surface area contributed by atoms with Crippen LogP contribution in [0.15, 0.2) is 17.8 Å². The van der Waals surface area contributed by atoms with Crippen LogP contribution in [-0.4, -0.2) is 33.0 Å². The van der Waals surface area contributed by atoms with Gasteiger partial charge in [-0.05, 0) is 13.0 Å². The molecule has 0 spiro atoms. The zero-order chi connectivity index (χ0) is 15.0. The molecular formula is C13H13N5OS2. The van der Waals surface area contributed by atoms with E-state index in [-0.39, 0.29) is 5.91 Å². The van der Waals surface area contributed by atoms with Crippen LogP contribution in [0.3, 0.4) is 0 Å². The van der Waals surface area contributed by atoms with Crippen molar-refractivity contribution in [3.63, 3.8) is 0 Å². The summed E-state index contributed by atoms with van der Waals surface area (Å²) >= 11 is 2.82. The average molecular weight is 319 g/mol. The van der Waals surface area contributed by atoms with E-state index in [2.05, 4.69) is 15.2 Å². The first-order valence-corrected chi connectivity index (χ1v) is 7.91. The van der Waals surface area contributed by atoms with Gasteiger partial charge in [0.25, 0.3) is 5.91 Å². The van der Waals surface area contributed by atoms with E-state index in [9.17, 15) is 4.79 Å². The Balaban J connectivity index is 1.89. The number of thiophene rings is 1. The van der Waals surface area contributed by atoms with Gasteiger partial charge >= 0.3 is 0 Å². The largest absolute Gasteiger partial charge is 0.397 e. The predicted molar refractivity (Wildman–Crippen MR) is 84.5 cm³/mol. The summed E-state index contributed by atoms with van der Waals surface area (Å²) in [4.78, 5) is 20.7. The summed E-state index contributed by atoms with van der Waals surface area (Å²) in [6.45, 7) is 2.46. The van der Waals surface area contributed by atoms with Crippen LogP contribution in [0.1, 0.15) is 20.2 Å². The van der Waals surface area contributed by atoms with Crippen molar-refractivity contribution in [3.05, 3.63) is 33.2 Å². The lowest BCUT2D eigenvalue weighted by atomic mass is 10.2. The molecule has 2 N–H and O–H groups in total. The summed E-state index contributed by atoms with van der Waals surface area (Å²) < 4.78 is 0. The Morgan fingerprint density at radius 1 is 1.48 bits per heavy atom. The van der Waals surface area contributed by atoms with Gasteiger partial charge in [-0.25, -0.2) is 4.98 Å². The number of thiazole rings is 1. The Labute approximate surface area is 129 Å². The molecule has 3 aromatic heterocycles.